The number of benzene rings is 2. The topological polar surface area (TPSA) is 87.1 Å². The molecule has 2 heterocycles. The van der Waals surface area contributed by atoms with Gasteiger partial charge in [0.1, 0.15) is 17.2 Å². The highest BCUT2D eigenvalue weighted by atomic mass is 32.1. The van der Waals surface area contributed by atoms with Crippen LogP contribution in [0.2, 0.25) is 0 Å². The van der Waals surface area contributed by atoms with Crippen LogP contribution in [0.25, 0.3) is 11.1 Å². The number of nitrogens with zero attached hydrogens (tertiary/aromatic N) is 1. The summed E-state index contributed by atoms with van der Waals surface area (Å²) in [6, 6.07) is 17.1. The number of hydrogen-bond acceptors (Lipinski definition) is 5. The molecule has 0 bridgehead atoms. The third kappa shape index (κ3) is 5.55. The van der Waals surface area contributed by atoms with E-state index in [4.69, 9.17) is 4.74 Å². The summed E-state index contributed by atoms with van der Waals surface area (Å²) in [7, 11) is 0. The van der Waals surface area contributed by atoms with Gasteiger partial charge in [0.15, 0.2) is 5.41 Å². The third-order valence-corrected chi connectivity index (χ3v) is 7.52. The molecule has 1 fully saturated rings. The predicted molar refractivity (Wildman–Crippen MR) is 128 cm³/mol. The minimum atomic E-state index is -4.46. The number of carboxylic acids is 2. The molecule has 190 valence electrons. The van der Waals surface area contributed by atoms with E-state index in [1.54, 1.807) is 42.5 Å². The first kappa shape index (κ1) is 25.7. The van der Waals surface area contributed by atoms with Crippen molar-refractivity contribution >= 4 is 23.3 Å². The molecular weight excluding hydrogens is 495 g/mol. The van der Waals surface area contributed by atoms with Crippen molar-refractivity contribution in [1.29, 1.82) is 0 Å². The third-order valence-electron chi connectivity index (χ3n) is 6.36. The Labute approximate surface area is 209 Å². The van der Waals surface area contributed by atoms with E-state index in [0.29, 0.717) is 47.2 Å². The summed E-state index contributed by atoms with van der Waals surface area (Å²) in [4.78, 5) is 24.7. The molecule has 0 amide bonds. The SMILES string of the molecule is O=C(O)C1(C(=O)O)CCN(Cc2ccc(OCc3cc(-c4ccccc4)c(C(F)(F)F)s3)cc2)CC1. The molecule has 1 aliphatic heterocycles. The lowest BCUT2D eigenvalue weighted by atomic mass is 9.78. The lowest BCUT2D eigenvalue weighted by molar-refractivity contribution is -0.168. The molecule has 0 spiro atoms. The highest BCUT2D eigenvalue weighted by Crippen LogP contribution is 2.43. The van der Waals surface area contributed by atoms with Crippen molar-refractivity contribution in [2.24, 2.45) is 5.41 Å². The Kier molecular flexibility index (Phi) is 7.37. The van der Waals surface area contributed by atoms with Gasteiger partial charge in [-0.15, -0.1) is 11.3 Å². The van der Waals surface area contributed by atoms with Gasteiger partial charge in [-0.1, -0.05) is 42.5 Å². The molecule has 0 aliphatic carbocycles. The number of carboxylic acid groups (broad SMARTS) is 2. The summed E-state index contributed by atoms with van der Waals surface area (Å²) in [5.41, 5.74) is -0.165. The van der Waals surface area contributed by atoms with Gasteiger partial charge in [-0.2, -0.15) is 13.2 Å². The lowest BCUT2D eigenvalue weighted by Crippen LogP contribution is -2.48. The minimum absolute atomic E-state index is 0.00148. The van der Waals surface area contributed by atoms with Gasteiger partial charge >= 0.3 is 18.1 Å². The van der Waals surface area contributed by atoms with Crippen LogP contribution in [0.4, 0.5) is 13.2 Å². The molecular formula is C26H24F3NO5S. The van der Waals surface area contributed by atoms with Gasteiger partial charge in [0.05, 0.1) is 0 Å². The molecule has 2 aromatic carbocycles. The summed E-state index contributed by atoms with van der Waals surface area (Å²) in [6.45, 7) is 1.22. The van der Waals surface area contributed by atoms with Crippen LogP contribution in [0.1, 0.15) is 28.2 Å². The van der Waals surface area contributed by atoms with Crippen LogP contribution in [0.5, 0.6) is 5.75 Å². The fraction of sp³-hybridized carbons (Fsp3) is 0.308. The van der Waals surface area contributed by atoms with Crippen molar-refractivity contribution in [3.8, 4) is 16.9 Å². The summed E-state index contributed by atoms with van der Waals surface area (Å²) < 4.78 is 46.5. The molecule has 0 unspecified atom stereocenters. The average Bonchev–Trinajstić information content (AvgIpc) is 3.30. The van der Waals surface area contributed by atoms with Gasteiger partial charge in [-0.05, 0) is 42.2 Å². The number of carbonyl (C=O) groups is 2. The summed E-state index contributed by atoms with van der Waals surface area (Å²) in [5.74, 6) is -2.10. The molecule has 6 nitrogen and oxygen atoms in total. The zero-order valence-corrected chi connectivity index (χ0v) is 19.9. The average molecular weight is 520 g/mol. The smallest absolute Gasteiger partial charge is 0.426 e. The van der Waals surface area contributed by atoms with Crippen LogP contribution in [0.3, 0.4) is 0 Å². The number of piperidine rings is 1. The van der Waals surface area contributed by atoms with Gasteiger partial charge in [0, 0.05) is 30.1 Å². The van der Waals surface area contributed by atoms with Crippen LogP contribution in [0, 0.1) is 5.41 Å². The second-order valence-corrected chi connectivity index (χ2v) is 9.86. The number of alkyl halides is 3. The Morgan fingerprint density at radius 3 is 2.14 bits per heavy atom. The zero-order chi connectivity index (χ0) is 25.9. The fourth-order valence-electron chi connectivity index (χ4n) is 4.27. The Hall–Kier alpha value is -3.37. The first-order valence-corrected chi connectivity index (χ1v) is 12.1. The molecule has 0 radical (unpaired) electrons. The molecule has 1 aliphatic rings. The number of likely N-dealkylation sites (tertiary alicyclic amines) is 1. The van der Waals surface area contributed by atoms with E-state index in [1.807, 2.05) is 17.0 Å². The quantitative estimate of drug-likeness (QED) is 0.368. The van der Waals surface area contributed by atoms with Crippen LogP contribution < -0.4 is 4.74 Å². The van der Waals surface area contributed by atoms with E-state index >= 15 is 0 Å². The molecule has 0 saturated carbocycles. The second-order valence-electron chi connectivity index (χ2n) is 8.72. The van der Waals surface area contributed by atoms with Crippen molar-refractivity contribution in [2.45, 2.75) is 32.2 Å². The molecule has 10 heteroatoms. The van der Waals surface area contributed by atoms with Crippen molar-refractivity contribution in [3.05, 3.63) is 76.0 Å². The number of rotatable bonds is 8. The lowest BCUT2D eigenvalue weighted by Gasteiger charge is -2.36. The maximum atomic E-state index is 13.6. The normalized spacial score (nSPS) is 16.0. The van der Waals surface area contributed by atoms with Gasteiger partial charge < -0.3 is 14.9 Å². The van der Waals surface area contributed by atoms with Gasteiger partial charge in [0.25, 0.3) is 0 Å². The van der Waals surface area contributed by atoms with Crippen molar-refractivity contribution < 1.29 is 37.7 Å². The van der Waals surface area contributed by atoms with Crippen molar-refractivity contribution in [1.82, 2.24) is 4.90 Å². The van der Waals surface area contributed by atoms with E-state index in [-0.39, 0.29) is 25.0 Å². The zero-order valence-electron chi connectivity index (χ0n) is 19.1. The van der Waals surface area contributed by atoms with E-state index in [9.17, 15) is 33.0 Å². The van der Waals surface area contributed by atoms with E-state index in [2.05, 4.69) is 0 Å². The van der Waals surface area contributed by atoms with Crippen LogP contribution in [-0.4, -0.2) is 40.1 Å². The monoisotopic (exact) mass is 519 g/mol. The standard InChI is InChI=1S/C26H24F3NO5S/c27-26(28,29)22-21(18-4-2-1-3-5-18)14-20(36-22)16-35-19-8-6-17(7-9-19)15-30-12-10-25(11-13-30,23(31)32)24(33)34/h1-9,14H,10-13,15-16H2,(H,31,32)(H,33,34). The number of ether oxygens (including phenoxy) is 1. The molecule has 3 aromatic rings. The maximum Gasteiger partial charge on any atom is 0.426 e. The van der Waals surface area contributed by atoms with Crippen LogP contribution in [-0.2, 0) is 28.9 Å². The second kappa shape index (κ2) is 10.3. The molecule has 0 atom stereocenters. The number of aliphatic carboxylic acids is 2. The molecule has 2 N–H and O–H groups in total. The number of thiophene rings is 1. The maximum absolute atomic E-state index is 13.6. The summed E-state index contributed by atoms with van der Waals surface area (Å²) >= 11 is 0.671. The van der Waals surface area contributed by atoms with Gasteiger partial charge in [-0.3, -0.25) is 14.5 Å². The van der Waals surface area contributed by atoms with E-state index < -0.39 is 28.4 Å². The Morgan fingerprint density at radius 2 is 1.58 bits per heavy atom. The molecule has 4 rings (SSSR count). The Morgan fingerprint density at radius 1 is 0.972 bits per heavy atom. The molecule has 36 heavy (non-hydrogen) atoms. The molecule has 1 aromatic heterocycles. The largest absolute Gasteiger partial charge is 0.488 e. The molecule has 1 saturated heterocycles. The van der Waals surface area contributed by atoms with Crippen molar-refractivity contribution in [2.75, 3.05) is 13.1 Å². The highest BCUT2D eigenvalue weighted by Gasteiger charge is 2.48. The van der Waals surface area contributed by atoms with Gasteiger partial charge in [-0.25, -0.2) is 0 Å². The first-order valence-electron chi connectivity index (χ1n) is 11.2. The first-order chi connectivity index (χ1) is 17.1. The number of hydrogen-bond donors (Lipinski definition) is 2. The Balaban J connectivity index is 1.36. The van der Waals surface area contributed by atoms with Crippen LogP contribution in [0.15, 0.2) is 60.7 Å². The number of halogens is 3. The minimum Gasteiger partial charge on any atom is -0.488 e. The Bertz CT molecular complexity index is 1200. The fourth-order valence-corrected chi connectivity index (χ4v) is 5.23. The van der Waals surface area contributed by atoms with Crippen LogP contribution >= 0.6 is 11.3 Å². The predicted octanol–water partition coefficient (Wildman–Crippen LogP) is 5.76. The summed E-state index contributed by atoms with van der Waals surface area (Å²) in [5, 5.41) is 18.7. The van der Waals surface area contributed by atoms with E-state index in [1.165, 1.54) is 6.07 Å². The highest BCUT2D eigenvalue weighted by molar-refractivity contribution is 7.12. The summed E-state index contributed by atoms with van der Waals surface area (Å²) in [6.07, 6.45) is -4.39. The van der Waals surface area contributed by atoms with Gasteiger partial charge in [0.2, 0.25) is 0 Å². The van der Waals surface area contributed by atoms with E-state index in [0.717, 1.165) is 5.56 Å². The van der Waals surface area contributed by atoms with Crippen molar-refractivity contribution in [3.63, 3.8) is 0 Å².